The van der Waals surface area contributed by atoms with Crippen LogP contribution in [0, 0.1) is 0 Å². The topological polar surface area (TPSA) is 72.2 Å². The number of imide groups is 1. The SMILES string of the molecule is CSCCC(=O)NC(N)=O. The van der Waals surface area contributed by atoms with Gasteiger partial charge >= 0.3 is 6.03 Å². The molecule has 0 spiro atoms. The molecule has 0 radical (unpaired) electrons. The number of hydrogen-bond donors (Lipinski definition) is 2. The van der Waals surface area contributed by atoms with Crippen molar-refractivity contribution in [3.63, 3.8) is 0 Å². The number of carbonyl (C=O) groups excluding carboxylic acids is 2. The second-order valence-corrected chi connectivity index (χ2v) is 2.64. The molecule has 0 aromatic rings. The van der Waals surface area contributed by atoms with Crippen molar-refractivity contribution in [2.45, 2.75) is 6.42 Å². The van der Waals surface area contributed by atoms with Crippen molar-refractivity contribution in [1.82, 2.24) is 5.32 Å². The van der Waals surface area contributed by atoms with Crippen LogP contribution in [0.3, 0.4) is 0 Å². The minimum absolute atomic E-state index is 0.318. The highest BCUT2D eigenvalue weighted by atomic mass is 32.2. The van der Waals surface area contributed by atoms with E-state index in [1.165, 1.54) is 0 Å². The summed E-state index contributed by atoms with van der Waals surface area (Å²) in [6.07, 6.45) is 2.22. The maximum absolute atomic E-state index is 10.6. The number of urea groups is 1. The van der Waals surface area contributed by atoms with Gasteiger partial charge in [0.05, 0.1) is 0 Å². The van der Waals surface area contributed by atoms with Crippen molar-refractivity contribution in [1.29, 1.82) is 0 Å². The molecule has 0 rings (SSSR count). The average Bonchev–Trinajstić information content (AvgIpc) is 1.82. The maximum Gasteiger partial charge on any atom is 0.318 e. The first kappa shape index (κ1) is 9.29. The number of thioether (sulfide) groups is 1. The standard InChI is InChI=1S/C5H10N2O2S/c1-10-3-2-4(8)7-5(6)9/h2-3H2,1H3,(H3,6,7,8,9). The summed E-state index contributed by atoms with van der Waals surface area (Å²) in [5.41, 5.74) is 4.69. The van der Waals surface area contributed by atoms with Gasteiger partial charge in [-0.3, -0.25) is 10.1 Å². The Morgan fingerprint density at radius 2 is 2.20 bits per heavy atom. The Hall–Kier alpha value is -0.710. The minimum Gasteiger partial charge on any atom is -0.351 e. The van der Waals surface area contributed by atoms with Crippen molar-refractivity contribution in [2.24, 2.45) is 5.73 Å². The van der Waals surface area contributed by atoms with Gasteiger partial charge in [-0.25, -0.2) is 4.79 Å². The number of rotatable bonds is 3. The normalized spacial score (nSPS) is 8.90. The summed E-state index contributed by atoms with van der Waals surface area (Å²) in [7, 11) is 0. The summed E-state index contributed by atoms with van der Waals surface area (Å²) < 4.78 is 0. The fourth-order valence-corrected chi connectivity index (χ4v) is 0.784. The lowest BCUT2D eigenvalue weighted by atomic mass is 10.4. The molecule has 0 fully saturated rings. The number of primary amides is 1. The minimum atomic E-state index is -0.786. The van der Waals surface area contributed by atoms with E-state index in [1.807, 2.05) is 11.6 Å². The third kappa shape index (κ3) is 5.43. The zero-order valence-corrected chi connectivity index (χ0v) is 6.53. The van der Waals surface area contributed by atoms with Crippen LogP contribution in [0.25, 0.3) is 0 Å². The molecular formula is C5H10N2O2S. The second-order valence-electron chi connectivity index (χ2n) is 1.66. The van der Waals surface area contributed by atoms with Gasteiger partial charge in [0.25, 0.3) is 0 Å². The van der Waals surface area contributed by atoms with Crippen LogP contribution < -0.4 is 11.1 Å². The molecule has 0 unspecified atom stereocenters. The average molecular weight is 162 g/mol. The second kappa shape index (κ2) is 5.10. The zero-order valence-electron chi connectivity index (χ0n) is 5.72. The van der Waals surface area contributed by atoms with Gasteiger partial charge in [-0.1, -0.05) is 0 Å². The summed E-state index contributed by atoms with van der Waals surface area (Å²) in [5.74, 6) is 0.390. The van der Waals surface area contributed by atoms with E-state index < -0.39 is 6.03 Å². The fraction of sp³-hybridized carbons (Fsp3) is 0.600. The lowest BCUT2D eigenvalue weighted by Gasteiger charge is -1.97. The Balaban J connectivity index is 3.35. The van der Waals surface area contributed by atoms with E-state index in [0.29, 0.717) is 12.2 Å². The van der Waals surface area contributed by atoms with Crippen molar-refractivity contribution in [3.05, 3.63) is 0 Å². The van der Waals surface area contributed by atoms with Crippen molar-refractivity contribution in [3.8, 4) is 0 Å². The maximum atomic E-state index is 10.6. The molecule has 3 N–H and O–H groups in total. The van der Waals surface area contributed by atoms with Crippen LogP contribution in [0.15, 0.2) is 0 Å². The highest BCUT2D eigenvalue weighted by Gasteiger charge is 2.01. The van der Waals surface area contributed by atoms with Crippen molar-refractivity contribution < 1.29 is 9.59 Å². The van der Waals surface area contributed by atoms with Gasteiger partial charge in [0.1, 0.15) is 0 Å². The Labute approximate surface area is 63.5 Å². The molecule has 3 amide bonds. The van der Waals surface area contributed by atoms with E-state index in [0.717, 1.165) is 0 Å². The largest absolute Gasteiger partial charge is 0.351 e. The molecule has 58 valence electrons. The van der Waals surface area contributed by atoms with Crippen LogP contribution in [-0.2, 0) is 4.79 Å². The highest BCUT2D eigenvalue weighted by Crippen LogP contribution is 1.93. The summed E-state index contributed by atoms with van der Waals surface area (Å²) in [6, 6.07) is -0.786. The van der Waals surface area contributed by atoms with Crippen molar-refractivity contribution in [2.75, 3.05) is 12.0 Å². The van der Waals surface area contributed by atoms with E-state index >= 15 is 0 Å². The van der Waals surface area contributed by atoms with Gasteiger partial charge in [0.15, 0.2) is 0 Å². The summed E-state index contributed by atoms with van der Waals surface area (Å²) in [4.78, 5) is 20.6. The van der Waals surface area contributed by atoms with Crippen LogP contribution in [0.4, 0.5) is 4.79 Å². The Morgan fingerprint density at radius 3 is 2.60 bits per heavy atom. The number of amides is 3. The molecular weight excluding hydrogens is 152 g/mol. The molecule has 4 nitrogen and oxygen atoms in total. The molecule has 10 heavy (non-hydrogen) atoms. The molecule has 0 atom stereocenters. The lowest BCUT2D eigenvalue weighted by Crippen LogP contribution is -2.35. The molecule has 0 aromatic carbocycles. The first-order valence-electron chi connectivity index (χ1n) is 2.75. The van der Waals surface area contributed by atoms with Crippen LogP contribution in [0.1, 0.15) is 6.42 Å². The number of nitrogens with one attached hydrogen (secondary N) is 1. The van der Waals surface area contributed by atoms with Gasteiger partial charge in [0, 0.05) is 12.2 Å². The third-order valence-corrected chi connectivity index (χ3v) is 1.41. The molecule has 0 aromatic heterocycles. The first-order chi connectivity index (χ1) is 4.66. The molecule has 0 bridgehead atoms. The first-order valence-corrected chi connectivity index (χ1v) is 4.14. The van der Waals surface area contributed by atoms with E-state index in [-0.39, 0.29) is 5.91 Å². The number of nitrogens with two attached hydrogens (primary N) is 1. The number of hydrogen-bond acceptors (Lipinski definition) is 3. The molecule has 0 heterocycles. The fourth-order valence-electron chi connectivity index (χ4n) is 0.395. The third-order valence-electron chi connectivity index (χ3n) is 0.796. The monoisotopic (exact) mass is 162 g/mol. The molecule has 0 saturated heterocycles. The van der Waals surface area contributed by atoms with Crippen molar-refractivity contribution >= 4 is 23.7 Å². The molecule has 0 aliphatic rings. The van der Waals surface area contributed by atoms with Gasteiger partial charge in [-0.2, -0.15) is 11.8 Å². The molecule has 5 heteroatoms. The zero-order chi connectivity index (χ0) is 7.98. The summed E-state index contributed by atoms with van der Waals surface area (Å²) >= 11 is 1.54. The van der Waals surface area contributed by atoms with Gasteiger partial charge < -0.3 is 5.73 Å². The highest BCUT2D eigenvalue weighted by molar-refractivity contribution is 7.98. The van der Waals surface area contributed by atoms with Gasteiger partial charge in [0.2, 0.25) is 5.91 Å². The quantitative estimate of drug-likeness (QED) is 0.610. The lowest BCUT2D eigenvalue weighted by molar-refractivity contribution is -0.119. The summed E-state index contributed by atoms with van der Waals surface area (Å²) in [5, 5.41) is 1.96. The molecule has 0 aliphatic heterocycles. The number of carbonyl (C=O) groups is 2. The van der Waals surface area contributed by atoms with Crippen LogP contribution in [0.5, 0.6) is 0 Å². The Morgan fingerprint density at radius 1 is 1.60 bits per heavy atom. The van der Waals surface area contributed by atoms with Crippen LogP contribution >= 0.6 is 11.8 Å². The van der Waals surface area contributed by atoms with E-state index in [9.17, 15) is 9.59 Å². The molecule has 0 aliphatic carbocycles. The van der Waals surface area contributed by atoms with E-state index in [1.54, 1.807) is 11.8 Å². The smallest absolute Gasteiger partial charge is 0.318 e. The predicted octanol–water partition coefficient (Wildman–Crippen LogP) is -0.0656. The van der Waals surface area contributed by atoms with Crippen LogP contribution in [-0.4, -0.2) is 23.9 Å². The predicted molar refractivity (Wildman–Crippen MR) is 40.7 cm³/mol. The van der Waals surface area contributed by atoms with Gasteiger partial charge in [-0.15, -0.1) is 0 Å². The Bertz CT molecular complexity index is 138. The molecule has 0 saturated carbocycles. The van der Waals surface area contributed by atoms with Gasteiger partial charge in [-0.05, 0) is 6.26 Å². The van der Waals surface area contributed by atoms with Crippen LogP contribution in [0.2, 0.25) is 0 Å². The Kier molecular flexibility index (Phi) is 4.74. The van der Waals surface area contributed by atoms with E-state index in [2.05, 4.69) is 5.73 Å². The van der Waals surface area contributed by atoms with E-state index in [4.69, 9.17) is 0 Å². The summed E-state index contributed by atoms with van der Waals surface area (Å²) in [6.45, 7) is 0.